The van der Waals surface area contributed by atoms with Crippen molar-refractivity contribution in [1.29, 1.82) is 0 Å². The average Bonchev–Trinajstić information content (AvgIpc) is 2.03. The zero-order chi connectivity index (χ0) is 10.0. The summed E-state index contributed by atoms with van der Waals surface area (Å²) in [6.07, 6.45) is -1.44. The predicted octanol–water partition coefficient (Wildman–Crippen LogP) is 1.88. The highest BCUT2D eigenvalue weighted by atomic mass is 79.9. The van der Waals surface area contributed by atoms with E-state index in [1.807, 2.05) is 0 Å². The standard InChI is InChI=1S/C9H9BrO3/c1-5-4-6(10)2-3-7(5)8(11)9(12)13/h2-4,8,11H,1H3,(H,12,13)/t8-/m1/s1. The smallest absolute Gasteiger partial charge is 0.337 e. The van der Waals surface area contributed by atoms with E-state index in [0.717, 1.165) is 10.0 Å². The molecule has 1 aromatic rings. The van der Waals surface area contributed by atoms with Crippen molar-refractivity contribution >= 4 is 21.9 Å². The van der Waals surface area contributed by atoms with Crippen LogP contribution in [0.5, 0.6) is 0 Å². The highest BCUT2D eigenvalue weighted by molar-refractivity contribution is 9.10. The Morgan fingerprint density at radius 3 is 2.62 bits per heavy atom. The van der Waals surface area contributed by atoms with E-state index >= 15 is 0 Å². The molecule has 0 aliphatic carbocycles. The molecule has 0 saturated carbocycles. The molecule has 70 valence electrons. The molecule has 13 heavy (non-hydrogen) atoms. The maximum atomic E-state index is 10.5. The number of aliphatic hydroxyl groups excluding tert-OH is 1. The van der Waals surface area contributed by atoms with Crippen molar-refractivity contribution in [3.63, 3.8) is 0 Å². The van der Waals surface area contributed by atoms with E-state index < -0.39 is 12.1 Å². The van der Waals surface area contributed by atoms with Crippen LogP contribution in [0.4, 0.5) is 0 Å². The molecule has 0 aromatic heterocycles. The first-order valence-corrected chi connectivity index (χ1v) is 4.48. The first kappa shape index (κ1) is 10.2. The molecule has 0 heterocycles. The van der Waals surface area contributed by atoms with Crippen molar-refractivity contribution in [1.82, 2.24) is 0 Å². The van der Waals surface area contributed by atoms with Crippen LogP contribution in [-0.2, 0) is 4.79 Å². The molecule has 0 radical (unpaired) electrons. The van der Waals surface area contributed by atoms with Crippen molar-refractivity contribution in [3.05, 3.63) is 33.8 Å². The first-order valence-electron chi connectivity index (χ1n) is 3.69. The summed E-state index contributed by atoms with van der Waals surface area (Å²) in [5.74, 6) is -1.23. The predicted molar refractivity (Wildman–Crippen MR) is 51.5 cm³/mol. The lowest BCUT2D eigenvalue weighted by Gasteiger charge is -2.09. The van der Waals surface area contributed by atoms with Gasteiger partial charge in [0.1, 0.15) is 0 Å². The lowest BCUT2D eigenvalue weighted by atomic mass is 10.0. The van der Waals surface area contributed by atoms with Crippen LogP contribution in [0.1, 0.15) is 17.2 Å². The molecule has 3 nitrogen and oxygen atoms in total. The summed E-state index contributed by atoms with van der Waals surface area (Å²) in [6, 6.07) is 5.06. The van der Waals surface area contributed by atoms with Gasteiger partial charge in [-0.15, -0.1) is 0 Å². The van der Waals surface area contributed by atoms with Gasteiger partial charge in [0, 0.05) is 4.47 Å². The fourth-order valence-corrected chi connectivity index (χ4v) is 1.55. The fourth-order valence-electron chi connectivity index (χ4n) is 1.08. The van der Waals surface area contributed by atoms with E-state index in [0.29, 0.717) is 5.56 Å². The Bertz CT molecular complexity index is 336. The van der Waals surface area contributed by atoms with Crippen molar-refractivity contribution in [3.8, 4) is 0 Å². The van der Waals surface area contributed by atoms with Crippen molar-refractivity contribution < 1.29 is 15.0 Å². The third-order valence-electron chi connectivity index (χ3n) is 1.76. The van der Waals surface area contributed by atoms with Crippen molar-refractivity contribution in [2.24, 2.45) is 0 Å². The first-order chi connectivity index (χ1) is 6.02. The Morgan fingerprint density at radius 2 is 2.15 bits per heavy atom. The molecule has 0 bridgehead atoms. The van der Waals surface area contributed by atoms with Crippen molar-refractivity contribution in [2.75, 3.05) is 0 Å². The minimum Gasteiger partial charge on any atom is -0.479 e. The third-order valence-corrected chi connectivity index (χ3v) is 2.25. The maximum absolute atomic E-state index is 10.5. The minimum absolute atomic E-state index is 0.427. The lowest BCUT2D eigenvalue weighted by Crippen LogP contribution is -2.11. The largest absolute Gasteiger partial charge is 0.479 e. The highest BCUT2D eigenvalue weighted by Gasteiger charge is 2.17. The van der Waals surface area contributed by atoms with Gasteiger partial charge >= 0.3 is 5.97 Å². The van der Waals surface area contributed by atoms with E-state index in [1.165, 1.54) is 0 Å². The molecule has 0 aliphatic rings. The number of aryl methyl sites for hydroxylation is 1. The van der Waals surface area contributed by atoms with Gasteiger partial charge in [0.2, 0.25) is 0 Å². The zero-order valence-corrected chi connectivity index (χ0v) is 8.58. The number of aliphatic carboxylic acids is 1. The van der Waals surface area contributed by atoms with Gasteiger partial charge in [-0.05, 0) is 30.2 Å². The van der Waals surface area contributed by atoms with Crippen LogP contribution in [0.15, 0.2) is 22.7 Å². The van der Waals surface area contributed by atoms with E-state index in [9.17, 15) is 9.90 Å². The van der Waals surface area contributed by atoms with Gasteiger partial charge in [-0.1, -0.05) is 22.0 Å². The number of hydrogen-bond acceptors (Lipinski definition) is 2. The van der Waals surface area contributed by atoms with Gasteiger partial charge < -0.3 is 10.2 Å². The molecule has 0 spiro atoms. The Morgan fingerprint density at radius 1 is 1.54 bits per heavy atom. The quantitative estimate of drug-likeness (QED) is 0.836. The Balaban J connectivity index is 3.08. The molecule has 4 heteroatoms. The Labute approximate surface area is 84.1 Å². The van der Waals surface area contributed by atoms with Gasteiger partial charge in [0.25, 0.3) is 0 Å². The number of carboxylic acid groups (broad SMARTS) is 1. The number of carboxylic acids is 1. The van der Waals surface area contributed by atoms with Gasteiger partial charge in [-0.25, -0.2) is 4.79 Å². The van der Waals surface area contributed by atoms with E-state index in [-0.39, 0.29) is 0 Å². The molecular formula is C9H9BrO3. The second-order valence-electron chi connectivity index (χ2n) is 2.74. The summed E-state index contributed by atoms with van der Waals surface area (Å²) in [5.41, 5.74) is 1.18. The summed E-state index contributed by atoms with van der Waals surface area (Å²) < 4.78 is 0.867. The molecule has 2 N–H and O–H groups in total. The molecular weight excluding hydrogens is 236 g/mol. The highest BCUT2D eigenvalue weighted by Crippen LogP contribution is 2.21. The van der Waals surface area contributed by atoms with Crippen LogP contribution >= 0.6 is 15.9 Å². The monoisotopic (exact) mass is 244 g/mol. The number of benzene rings is 1. The van der Waals surface area contributed by atoms with Crippen LogP contribution in [0, 0.1) is 6.92 Å². The maximum Gasteiger partial charge on any atom is 0.337 e. The number of aliphatic hydroxyl groups is 1. The number of rotatable bonds is 2. The molecule has 0 amide bonds. The Kier molecular flexibility index (Phi) is 3.06. The van der Waals surface area contributed by atoms with Crippen LogP contribution in [0.25, 0.3) is 0 Å². The summed E-state index contributed by atoms with van der Waals surface area (Å²) in [6.45, 7) is 1.76. The summed E-state index contributed by atoms with van der Waals surface area (Å²) in [5, 5.41) is 17.8. The number of halogens is 1. The normalized spacial score (nSPS) is 12.5. The molecule has 1 rings (SSSR count). The average molecular weight is 245 g/mol. The Hall–Kier alpha value is -0.870. The summed E-state index contributed by atoms with van der Waals surface area (Å²) in [7, 11) is 0. The van der Waals surface area contributed by atoms with Gasteiger partial charge in [-0.3, -0.25) is 0 Å². The van der Waals surface area contributed by atoms with Crippen LogP contribution in [-0.4, -0.2) is 16.2 Å². The van der Waals surface area contributed by atoms with Crippen LogP contribution in [0.3, 0.4) is 0 Å². The van der Waals surface area contributed by atoms with Gasteiger partial charge in [-0.2, -0.15) is 0 Å². The molecule has 1 aromatic carbocycles. The zero-order valence-electron chi connectivity index (χ0n) is 6.99. The van der Waals surface area contributed by atoms with Crippen LogP contribution in [0.2, 0.25) is 0 Å². The fraction of sp³-hybridized carbons (Fsp3) is 0.222. The van der Waals surface area contributed by atoms with Crippen LogP contribution < -0.4 is 0 Å². The van der Waals surface area contributed by atoms with E-state index in [1.54, 1.807) is 25.1 Å². The molecule has 0 unspecified atom stereocenters. The summed E-state index contributed by atoms with van der Waals surface area (Å²) in [4.78, 5) is 10.5. The topological polar surface area (TPSA) is 57.5 Å². The lowest BCUT2D eigenvalue weighted by molar-refractivity contribution is -0.147. The third kappa shape index (κ3) is 2.29. The molecule has 1 atom stereocenters. The van der Waals surface area contributed by atoms with E-state index in [2.05, 4.69) is 15.9 Å². The van der Waals surface area contributed by atoms with Gasteiger partial charge in [0.15, 0.2) is 6.10 Å². The SMILES string of the molecule is Cc1cc(Br)ccc1[C@@H](O)C(=O)O. The number of hydrogen-bond donors (Lipinski definition) is 2. The van der Waals surface area contributed by atoms with E-state index in [4.69, 9.17) is 5.11 Å². The molecule has 0 fully saturated rings. The second kappa shape index (κ2) is 3.89. The minimum atomic E-state index is -1.44. The molecule has 0 aliphatic heterocycles. The van der Waals surface area contributed by atoms with Crippen molar-refractivity contribution in [2.45, 2.75) is 13.0 Å². The van der Waals surface area contributed by atoms with Gasteiger partial charge in [0.05, 0.1) is 0 Å². The number of carbonyl (C=O) groups is 1. The summed E-state index contributed by atoms with van der Waals surface area (Å²) >= 11 is 3.25. The second-order valence-corrected chi connectivity index (χ2v) is 3.66. The molecule has 0 saturated heterocycles.